The summed E-state index contributed by atoms with van der Waals surface area (Å²) >= 11 is 0. The summed E-state index contributed by atoms with van der Waals surface area (Å²) in [7, 11) is -7.45. The number of anilines is 1. The molecule has 0 fully saturated rings. The maximum absolute atomic E-state index is 13.3. The summed E-state index contributed by atoms with van der Waals surface area (Å²) < 4.78 is 65.4. The Bertz CT molecular complexity index is 1420. The third-order valence-electron chi connectivity index (χ3n) is 5.83. The molecule has 0 N–H and O–H groups in total. The van der Waals surface area contributed by atoms with Crippen LogP contribution in [0.1, 0.15) is 18.1 Å². The van der Waals surface area contributed by atoms with E-state index in [1.807, 2.05) is 13.0 Å². The van der Waals surface area contributed by atoms with Gasteiger partial charge in [0.25, 0.3) is 0 Å². The number of sulfonamides is 1. The van der Waals surface area contributed by atoms with Gasteiger partial charge in [-0.3, -0.25) is 4.31 Å². The minimum Gasteiger partial charge on any atom is -0.486 e. The molecule has 0 bridgehead atoms. The summed E-state index contributed by atoms with van der Waals surface area (Å²) in [5, 5.41) is 0. The summed E-state index contributed by atoms with van der Waals surface area (Å²) in [6.07, 6.45) is 0.438. The van der Waals surface area contributed by atoms with E-state index in [2.05, 4.69) is 0 Å². The Morgan fingerprint density at radius 1 is 0.848 bits per heavy atom. The molecular formula is C24H23NO6S2. The van der Waals surface area contributed by atoms with Crippen LogP contribution in [0.4, 0.5) is 5.69 Å². The van der Waals surface area contributed by atoms with Crippen molar-refractivity contribution in [3.8, 4) is 11.5 Å². The van der Waals surface area contributed by atoms with Crippen molar-refractivity contribution >= 4 is 25.5 Å². The predicted octanol–water partition coefficient (Wildman–Crippen LogP) is 3.57. The van der Waals surface area contributed by atoms with Gasteiger partial charge < -0.3 is 9.47 Å². The normalized spacial score (nSPS) is 17.6. The van der Waals surface area contributed by atoms with Crippen molar-refractivity contribution in [3.05, 3.63) is 77.9 Å². The van der Waals surface area contributed by atoms with Gasteiger partial charge in [0.1, 0.15) is 13.2 Å². The number of nitrogens with zero attached hydrogens (tertiary/aromatic N) is 1. The van der Waals surface area contributed by atoms with Gasteiger partial charge in [0, 0.05) is 12.1 Å². The molecule has 0 amide bonds. The molecule has 2 heterocycles. The molecule has 33 heavy (non-hydrogen) atoms. The minimum atomic E-state index is -3.82. The first-order valence-corrected chi connectivity index (χ1v) is 13.7. The molecule has 0 aliphatic carbocycles. The lowest BCUT2D eigenvalue weighted by Crippen LogP contribution is -2.36. The molecule has 3 aromatic rings. The van der Waals surface area contributed by atoms with Crippen molar-refractivity contribution in [2.75, 3.05) is 17.5 Å². The van der Waals surface area contributed by atoms with Crippen molar-refractivity contribution in [1.82, 2.24) is 0 Å². The third-order valence-corrected chi connectivity index (χ3v) is 9.43. The first-order chi connectivity index (χ1) is 15.8. The third kappa shape index (κ3) is 3.95. The van der Waals surface area contributed by atoms with E-state index in [1.165, 1.54) is 22.5 Å². The molecule has 2 aliphatic heterocycles. The van der Waals surface area contributed by atoms with Gasteiger partial charge in [-0.2, -0.15) is 0 Å². The van der Waals surface area contributed by atoms with Crippen LogP contribution in [0.5, 0.6) is 11.5 Å². The molecule has 5 rings (SSSR count). The number of ether oxygens (including phenoxy) is 2. The highest BCUT2D eigenvalue weighted by molar-refractivity contribution is 7.92. The first kappa shape index (κ1) is 21.8. The average molecular weight is 486 g/mol. The summed E-state index contributed by atoms with van der Waals surface area (Å²) in [6.45, 7) is 2.61. The van der Waals surface area contributed by atoms with Gasteiger partial charge in [-0.1, -0.05) is 30.3 Å². The fraction of sp³-hybridized carbons (Fsp3) is 0.250. The maximum Gasteiger partial charge on any atom is 0.239 e. The molecule has 0 unspecified atom stereocenters. The van der Waals surface area contributed by atoms with Gasteiger partial charge in [0.15, 0.2) is 11.5 Å². The van der Waals surface area contributed by atoms with E-state index in [4.69, 9.17) is 9.47 Å². The van der Waals surface area contributed by atoms with E-state index in [1.54, 1.807) is 42.5 Å². The number of hydrogen-bond acceptors (Lipinski definition) is 6. The molecule has 1 atom stereocenters. The van der Waals surface area contributed by atoms with Crippen LogP contribution in [0.25, 0.3) is 0 Å². The molecular weight excluding hydrogens is 462 g/mol. The molecule has 7 nitrogen and oxygen atoms in total. The van der Waals surface area contributed by atoms with Crippen molar-refractivity contribution in [1.29, 1.82) is 0 Å². The topological polar surface area (TPSA) is 90.0 Å². The fourth-order valence-electron chi connectivity index (χ4n) is 4.35. The van der Waals surface area contributed by atoms with Gasteiger partial charge >= 0.3 is 0 Å². The van der Waals surface area contributed by atoms with Crippen LogP contribution in [0, 0.1) is 0 Å². The van der Waals surface area contributed by atoms with E-state index in [-0.39, 0.29) is 21.6 Å². The smallest absolute Gasteiger partial charge is 0.239 e. The van der Waals surface area contributed by atoms with Crippen molar-refractivity contribution in [3.63, 3.8) is 0 Å². The number of fused-ring (bicyclic) bond motifs is 2. The highest BCUT2D eigenvalue weighted by Crippen LogP contribution is 2.39. The van der Waals surface area contributed by atoms with Crippen LogP contribution < -0.4 is 13.8 Å². The van der Waals surface area contributed by atoms with Crippen LogP contribution >= 0.6 is 0 Å². The number of hydrogen-bond donors (Lipinski definition) is 0. The van der Waals surface area contributed by atoms with Crippen LogP contribution in [0.3, 0.4) is 0 Å². The first-order valence-electron chi connectivity index (χ1n) is 10.6. The standard InChI is InChI=1S/C24H23NO6S2/c1-17-13-19-14-20(33(28,29)21-8-10-23-24(15-21)31-12-11-30-23)7-9-22(19)25(17)32(26,27)16-18-5-3-2-4-6-18/h2-10,14-15,17H,11-13,16H2,1H3/t17-/m0/s1. The van der Waals surface area contributed by atoms with Crippen LogP contribution in [0.15, 0.2) is 76.5 Å². The minimum absolute atomic E-state index is 0.103. The van der Waals surface area contributed by atoms with Crippen LogP contribution in [-0.4, -0.2) is 36.1 Å². The second-order valence-electron chi connectivity index (χ2n) is 8.19. The van der Waals surface area contributed by atoms with E-state index >= 15 is 0 Å². The Morgan fingerprint density at radius 2 is 1.52 bits per heavy atom. The number of sulfone groups is 1. The predicted molar refractivity (Wildman–Crippen MR) is 124 cm³/mol. The lowest BCUT2D eigenvalue weighted by atomic mass is 10.1. The summed E-state index contributed by atoms with van der Waals surface area (Å²) in [5.41, 5.74) is 1.92. The lowest BCUT2D eigenvalue weighted by Gasteiger charge is -2.24. The number of benzene rings is 3. The maximum atomic E-state index is 13.3. The summed E-state index contributed by atoms with van der Waals surface area (Å²) in [4.78, 5) is 0.221. The molecule has 9 heteroatoms. The Labute approximate surface area is 193 Å². The van der Waals surface area contributed by atoms with Gasteiger partial charge in [-0.15, -0.1) is 0 Å². The van der Waals surface area contributed by atoms with Gasteiger partial charge in [0.05, 0.1) is 21.2 Å². The zero-order valence-electron chi connectivity index (χ0n) is 18.0. The SMILES string of the molecule is C[C@H]1Cc2cc(S(=O)(=O)c3ccc4c(c3)OCCO4)ccc2N1S(=O)(=O)Cc1ccccc1. The van der Waals surface area contributed by atoms with E-state index in [0.717, 1.165) is 0 Å². The fourth-order valence-corrected chi connectivity index (χ4v) is 7.53. The lowest BCUT2D eigenvalue weighted by molar-refractivity contribution is 0.171. The van der Waals surface area contributed by atoms with E-state index in [9.17, 15) is 16.8 Å². The second-order valence-corrected chi connectivity index (χ2v) is 12.0. The molecule has 172 valence electrons. The largest absolute Gasteiger partial charge is 0.486 e. The second kappa shape index (κ2) is 8.07. The van der Waals surface area contributed by atoms with Gasteiger partial charge in [0.2, 0.25) is 19.9 Å². The Balaban J connectivity index is 1.48. The Morgan fingerprint density at radius 3 is 2.27 bits per heavy atom. The highest BCUT2D eigenvalue weighted by Gasteiger charge is 2.36. The summed E-state index contributed by atoms with van der Waals surface area (Å²) in [5.74, 6) is 0.798. The highest BCUT2D eigenvalue weighted by atomic mass is 32.2. The van der Waals surface area contributed by atoms with Gasteiger partial charge in [-0.05, 0) is 54.8 Å². The Hall–Kier alpha value is -3.04. The van der Waals surface area contributed by atoms with E-state index < -0.39 is 19.9 Å². The van der Waals surface area contributed by atoms with E-state index in [0.29, 0.717) is 47.9 Å². The molecule has 0 aromatic heterocycles. The zero-order chi connectivity index (χ0) is 23.2. The number of rotatable bonds is 5. The molecule has 3 aromatic carbocycles. The van der Waals surface area contributed by atoms with Crippen molar-refractivity contribution < 1.29 is 26.3 Å². The molecule has 0 saturated heterocycles. The quantitative estimate of drug-likeness (QED) is 0.549. The van der Waals surface area contributed by atoms with Crippen LogP contribution in [-0.2, 0) is 32.0 Å². The molecule has 2 aliphatic rings. The summed E-state index contributed by atoms with van der Waals surface area (Å²) in [6, 6.07) is 17.9. The van der Waals surface area contributed by atoms with Crippen molar-refractivity contribution in [2.24, 2.45) is 0 Å². The zero-order valence-corrected chi connectivity index (χ0v) is 19.6. The van der Waals surface area contributed by atoms with Gasteiger partial charge in [-0.25, -0.2) is 16.8 Å². The Kier molecular flexibility index (Phi) is 5.33. The van der Waals surface area contributed by atoms with Crippen LogP contribution in [0.2, 0.25) is 0 Å². The molecule has 0 saturated carbocycles. The van der Waals surface area contributed by atoms with Crippen molar-refractivity contribution in [2.45, 2.75) is 34.9 Å². The average Bonchev–Trinajstić information content (AvgIpc) is 3.15. The molecule has 0 radical (unpaired) electrons. The monoisotopic (exact) mass is 485 g/mol. The molecule has 0 spiro atoms.